The van der Waals surface area contributed by atoms with E-state index in [-0.39, 0.29) is 22.4 Å². The van der Waals surface area contributed by atoms with Crippen molar-refractivity contribution in [1.29, 1.82) is 0 Å². The van der Waals surface area contributed by atoms with Gasteiger partial charge in [-0.25, -0.2) is 0 Å². The normalized spacial score (nSPS) is 13.2. The minimum Gasteiger partial charge on any atom is -0.354 e. The van der Waals surface area contributed by atoms with E-state index in [0.717, 1.165) is 11.1 Å². The van der Waals surface area contributed by atoms with Gasteiger partial charge < -0.3 is 4.90 Å². The Morgan fingerprint density at radius 2 is 1.40 bits per heavy atom. The van der Waals surface area contributed by atoms with Crippen LogP contribution in [-0.2, 0) is 21.9 Å². The number of sulfonamides is 1. The zero-order valence-corrected chi connectivity index (χ0v) is 20.4. The Labute approximate surface area is 183 Å². The molecule has 0 saturated carbocycles. The predicted molar refractivity (Wildman–Crippen MR) is 127 cm³/mol. The van der Waals surface area contributed by atoms with Crippen LogP contribution in [0.5, 0.6) is 0 Å². The maximum atomic E-state index is 13.1. The molecule has 0 bridgehead atoms. The third-order valence-corrected chi connectivity index (χ3v) is 6.46. The molecule has 4 nitrogen and oxygen atoms in total. The van der Waals surface area contributed by atoms with Crippen molar-refractivity contribution in [2.45, 2.75) is 84.2 Å². The molecule has 0 aliphatic carbocycles. The van der Waals surface area contributed by atoms with E-state index in [9.17, 15) is 8.42 Å². The third-order valence-electron chi connectivity index (χ3n) is 5.14. The van der Waals surface area contributed by atoms with Crippen molar-refractivity contribution >= 4 is 15.9 Å². The van der Waals surface area contributed by atoms with E-state index < -0.39 is 10.0 Å². The number of nitrogens with zero attached hydrogens (tertiary/aromatic N) is 2. The van der Waals surface area contributed by atoms with Gasteiger partial charge in [-0.3, -0.25) is 0 Å². The summed E-state index contributed by atoms with van der Waals surface area (Å²) in [5.74, 6) is 0.573. The summed E-state index contributed by atoms with van der Waals surface area (Å²) >= 11 is 0. The molecular weight excluding hydrogens is 392 g/mol. The number of benzene rings is 2. The number of rotatable bonds is 6. The van der Waals surface area contributed by atoms with Gasteiger partial charge in [-0.2, -0.15) is 8.42 Å². The fourth-order valence-electron chi connectivity index (χ4n) is 3.57. The Bertz CT molecular complexity index is 957. The fourth-order valence-corrected chi connectivity index (χ4v) is 4.59. The lowest BCUT2D eigenvalue weighted by molar-refractivity contribution is 0.288. The van der Waals surface area contributed by atoms with Gasteiger partial charge in [-0.05, 0) is 63.3 Å². The quantitative estimate of drug-likeness (QED) is 0.435. The molecule has 0 aromatic heterocycles. The van der Waals surface area contributed by atoms with Crippen molar-refractivity contribution in [2.24, 2.45) is 4.40 Å². The molecule has 0 N–H and O–H groups in total. The van der Waals surface area contributed by atoms with Gasteiger partial charge in [0.25, 0.3) is 10.0 Å². The molecule has 30 heavy (non-hydrogen) atoms. The molecule has 2 rings (SSSR count). The first-order valence-electron chi connectivity index (χ1n) is 10.6. The zero-order valence-electron chi connectivity index (χ0n) is 19.6. The summed E-state index contributed by atoms with van der Waals surface area (Å²) in [4.78, 5) is 2.31. The summed E-state index contributed by atoms with van der Waals surface area (Å²) in [6.45, 7) is 16.7. The zero-order chi connectivity index (χ0) is 22.7. The standard InChI is InChI=1S/C25H36N2O2S/c1-18(2)27(19(3)4)24(17-21-11-13-22(14-12-21)25(6,7)8)26-30(28,29)23-15-9-20(5)10-16-23/h9-16,18-19H,17H2,1-8H3/b26-24-. The molecule has 0 aliphatic rings. The number of hydrogen-bond acceptors (Lipinski definition) is 2. The Balaban J connectivity index is 2.49. The Kier molecular flexibility index (Phi) is 7.51. The lowest BCUT2D eigenvalue weighted by Gasteiger charge is -2.34. The number of aryl methyl sites for hydroxylation is 1. The van der Waals surface area contributed by atoms with Gasteiger partial charge >= 0.3 is 0 Å². The minimum absolute atomic E-state index is 0.0755. The van der Waals surface area contributed by atoms with Crippen LogP contribution in [0.2, 0.25) is 0 Å². The Hall–Kier alpha value is -2.14. The first kappa shape index (κ1) is 24.1. The SMILES string of the molecule is Cc1ccc(S(=O)(=O)/N=C(/Cc2ccc(C(C)(C)C)cc2)N(C(C)C)C(C)C)cc1. The molecule has 0 saturated heterocycles. The van der Waals surface area contributed by atoms with Crippen LogP contribution >= 0.6 is 0 Å². The summed E-state index contributed by atoms with van der Waals surface area (Å²) < 4.78 is 30.5. The van der Waals surface area contributed by atoms with Crippen LogP contribution in [0.25, 0.3) is 0 Å². The van der Waals surface area contributed by atoms with E-state index in [1.54, 1.807) is 24.3 Å². The van der Waals surface area contributed by atoms with Crippen LogP contribution in [0.4, 0.5) is 0 Å². The van der Waals surface area contributed by atoms with Crippen LogP contribution in [0.15, 0.2) is 57.8 Å². The van der Waals surface area contributed by atoms with Crippen LogP contribution in [0.1, 0.15) is 65.2 Å². The molecule has 2 aromatic carbocycles. The van der Waals surface area contributed by atoms with Gasteiger partial charge in [0.1, 0.15) is 5.84 Å². The molecule has 0 aliphatic heterocycles. The topological polar surface area (TPSA) is 49.7 Å². The van der Waals surface area contributed by atoms with E-state index in [1.807, 2.05) is 6.92 Å². The van der Waals surface area contributed by atoms with Gasteiger partial charge in [-0.15, -0.1) is 4.40 Å². The van der Waals surface area contributed by atoms with E-state index in [2.05, 4.69) is 82.0 Å². The second kappa shape index (κ2) is 9.34. The first-order chi connectivity index (χ1) is 13.8. The summed E-state index contributed by atoms with van der Waals surface area (Å²) in [7, 11) is -3.79. The smallest absolute Gasteiger partial charge is 0.283 e. The molecular formula is C25H36N2O2S. The van der Waals surface area contributed by atoms with Crippen LogP contribution in [0, 0.1) is 6.92 Å². The Morgan fingerprint density at radius 3 is 1.83 bits per heavy atom. The highest BCUT2D eigenvalue weighted by molar-refractivity contribution is 7.90. The van der Waals surface area contributed by atoms with Crippen molar-refractivity contribution in [3.63, 3.8) is 0 Å². The van der Waals surface area contributed by atoms with Gasteiger partial charge in [0.15, 0.2) is 0 Å². The monoisotopic (exact) mass is 428 g/mol. The third kappa shape index (κ3) is 6.18. The van der Waals surface area contributed by atoms with Crippen LogP contribution in [-0.4, -0.2) is 31.2 Å². The molecule has 5 heteroatoms. The Morgan fingerprint density at radius 1 is 0.900 bits per heavy atom. The molecule has 0 heterocycles. The van der Waals surface area contributed by atoms with Crippen LogP contribution < -0.4 is 0 Å². The van der Waals surface area contributed by atoms with Crippen molar-refractivity contribution < 1.29 is 8.42 Å². The molecule has 0 unspecified atom stereocenters. The highest BCUT2D eigenvalue weighted by Gasteiger charge is 2.23. The average molecular weight is 429 g/mol. The lowest BCUT2D eigenvalue weighted by Crippen LogP contribution is -2.43. The fraction of sp³-hybridized carbons (Fsp3) is 0.480. The summed E-state index contributed by atoms with van der Waals surface area (Å²) in [5.41, 5.74) is 3.39. The maximum Gasteiger partial charge on any atom is 0.283 e. The maximum absolute atomic E-state index is 13.1. The highest BCUT2D eigenvalue weighted by Crippen LogP contribution is 2.23. The summed E-state index contributed by atoms with van der Waals surface area (Å²) in [6.07, 6.45) is 0.464. The van der Waals surface area contributed by atoms with Crippen molar-refractivity contribution in [2.75, 3.05) is 0 Å². The second-order valence-electron chi connectivity index (χ2n) is 9.51. The van der Waals surface area contributed by atoms with Gasteiger partial charge in [0.05, 0.1) is 4.90 Å². The van der Waals surface area contributed by atoms with E-state index >= 15 is 0 Å². The van der Waals surface area contributed by atoms with Gasteiger partial charge in [-0.1, -0.05) is 62.7 Å². The lowest BCUT2D eigenvalue weighted by atomic mass is 9.86. The number of amidine groups is 1. The molecule has 0 fully saturated rings. The predicted octanol–water partition coefficient (Wildman–Crippen LogP) is 5.74. The van der Waals surface area contributed by atoms with Crippen molar-refractivity contribution in [1.82, 2.24) is 4.90 Å². The molecule has 164 valence electrons. The van der Waals surface area contributed by atoms with Gasteiger partial charge in [0.2, 0.25) is 0 Å². The molecule has 2 aromatic rings. The average Bonchev–Trinajstić information content (AvgIpc) is 2.60. The molecule has 0 amide bonds. The minimum atomic E-state index is -3.79. The second-order valence-corrected chi connectivity index (χ2v) is 11.1. The van der Waals surface area contributed by atoms with Crippen molar-refractivity contribution in [3.05, 3.63) is 65.2 Å². The van der Waals surface area contributed by atoms with Crippen LogP contribution in [0.3, 0.4) is 0 Å². The number of hydrogen-bond donors (Lipinski definition) is 0. The molecule has 0 atom stereocenters. The first-order valence-corrected chi connectivity index (χ1v) is 12.0. The molecule has 0 spiro atoms. The summed E-state index contributed by atoms with van der Waals surface area (Å²) in [6, 6.07) is 15.5. The largest absolute Gasteiger partial charge is 0.354 e. The van der Waals surface area contributed by atoms with E-state index in [0.29, 0.717) is 12.3 Å². The summed E-state index contributed by atoms with van der Waals surface area (Å²) in [5, 5.41) is 0. The van der Waals surface area contributed by atoms with E-state index in [1.165, 1.54) is 5.56 Å². The highest BCUT2D eigenvalue weighted by atomic mass is 32.2. The van der Waals surface area contributed by atoms with Gasteiger partial charge in [0, 0.05) is 18.5 Å². The van der Waals surface area contributed by atoms with Crippen molar-refractivity contribution in [3.8, 4) is 0 Å². The van der Waals surface area contributed by atoms with E-state index in [4.69, 9.17) is 0 Å². The molecule has 0 radical (unpaired) electrons.